The van der Waals surface area contributed by atoms with Crippen molar-refractivity contribution in [2.75, 3.05) is 5.32 Å². The average molecular weight is 246 g/mol. The monoisotopic (exact) mass is 246 g/mol. The molecule has 0 fully saturated rings. The number of ether oxygens (including phenoxy) is 1. The Hall–Kier alpha value is -2.37. The van der Waals surface area contributed by atoms with Gasteiger partial charge in [-0.3, -0.25) is 10.1 Å². The van der Waals surface area contributed by atoms with Crippen molar-refractivity contribution in [3.8, 4) is 5.75 Å². The predicted octanol–water partition coefficient (Wildman–Crippen LogP) is 1.52. The second kappa shape index (κ2) is 5.31. The van der Waals surface area contributed by atoms with Gasteiger partial charge in [-0.25, -0.2) is 5.10 Å². The number of amides is 1. The second-order valence-electron chi connectivity index (χ2n) is 3.90. The molecule has 0 aliphatic rings. The lowest BCUT2D eigenvalue weighted by atomic mass is 10.2. The maximum Gasteiger partial charge on any atom is 0.267 e. The average Bonchev–Trinajstić information content (AvgIpc) is 2.85. The van der Waals surface area contributed by atoms with Gasteiger partial charge in [0.25, 0.3) is 5.91 Å². The van der Waals surface area contributed by atoms with Crippen LogP contribution in [0.1, 0.15) is 12.5 Å². The van der Waals surface area contributed by atoms with Crippen molar-refractivity contribution in [3.63, 3.8) is 0 Å². The van der Waals surface area contributed by atoms with E-state index in [1.54, 1.807) is 6.92 Å². The molecule has 1 aromatic heterocycles. The first-order chi connectivity index (χ1) is 8.65. The van der Waals surface area contributed by atoms with Gasteiger partial charge in [0.15, 0.2) is 6.10 Å². The van der Waals surface area contributed by atoms with Crippen molar-refractivity contribution in [1.29, 1.82) is 0 Å². The van der Waals surface area contributed by atoms with E-state index in [9.17, 15) is 4.79 Å². The molecule has 1 amide bonds. The van der Waals surface area contributed by atoms with Gasteiger partial charge < -0.3 is 4.74 Å². The molecule has 0 bridgehead atoms. The zero-order valence-corrected chi connectivity index (χ0v) is 10.2. The number of aromatic amines is 1. The van der Waals surface area contributed by atoms with E-state index in [-0.39, 0.29) is 5.91 Å². The number of nitrogens with one attached hydrogen (secondary N) is 2. The molecule has 94 valence electrons. The Morgan fingerprint density at radius 1 is 1.39 bits per heavy atom. The van der Waals surface area contributed by atoms with Crippen LogP contribution in [-0.2, 0) is 4.79 Å². The number of rotatable bonds is 4. The molecule has 1 heterocycles. The summed E-state index contributed by atoms with van der Waals surface area (Å²) < 4.78 is 5.51. The summed E-state index contributed by atoms with van der Waals surface area (Å²) in [6.07, 6.45) is 0.707. The Labute approximate surface area is 104 Å². The number of anilines is 1. The maximum atomic E-state index is 11.8. The number of carbonyl (C=O) groups is 1. The Morgan fingerprint density at radius 2 is 2.11 bits per heavy atom. The van der Waals surface area contributed by atoms with Crippen LogP contribution in [-0.4, -0.2) is 27.2 Å². The first-order valence-electron chi connectivity index (χ1n) is 5.54. The Balaban J connectivity index is 1.93. The van der Waals surface area contributed by atoms with Crippen LogP contribution in [0, 0.1) is 6.92 Å². The molecule has 6 nitrogen and oxygen atoms in total. The summed E-state index contributed by atoms with van der Waals surface area (Å²) in [5.74, 6) is 0.674. The Kier molecular flexibility index (Phi) is 3.57. The molecule has 18 heavy (non-hydrogen) atoms. The summed E-state index contributed by atoms with van der Waals surface area (Å²) in [5, 5.41) is 8.74. The van der Waals surface area contributed by atoms with Crippen molar-refractivity contribution < 1.29 is 9.53 Å². The van der Waals surface area contributed by atoms with Gasteiger partial charge >= 0.3 is 0 Å². The van der Waals surface area contributed by atoms with Crippen LogP contribution in [0.25, 0.3) is 0 Å². The molecule has 0 aliphatic carbocycles. The lowest BCUT2D eigenvalue weighted by molar-refractivity contribution is -0.122. The van der Waals surface area contributed by atoms with Crippen molar-refractivity contribution in [3.05, 3.63) is 36.2 Å². The predicted molar refractivity (Wildman–Crippen MR) is 66.3 cm³/mol. The number of aromatic nitrogens is 3. The summed E-state index contributed by atoms with van der Waals surface area (Å²) in [4.78, 5) is 15.6. The van der Waals surface area contributed by atoms with Crippen LogP contribution < -0.4 is 10.1 Å². The highest BCUT2D eigenvalue weighted by molar-refractivity contribution is 5.92. The summed E-state index contributed by atoms with van der Waals surface area (Å²) in [5.41, 5.74) is 1.14. The fourth-order valence-electron chi connectivity index (χ4n) is 1.36. The molecule has 0 saturated carbocycles. The van der Waals surface area contributed by atoms with E-state index in [1.165, 1.54) is 6.33 Å². The van der Waals surface area contributed by atoms with Crippen molar-refractivity contribution in [1.82, 2.24) is 15.2 Å². The highest BCUT2D eigenvalue weighted by Gasteiger charge is 2.15. The van der Waals surface area contributed by atoms with Gasteiger partial charge in [-0.15, -0.1) is 0 Å². The first kappa shape index (κ1) is 12.1. The maximum absolute atomic E-state index is 11.8. The normalized spacial score (nSPS) is 11.9. The lowest BCUT2D eigenvalue weighted by Crippen LogP contribution is -2.30. The fraction of sp³-hybridized carbons (Fsp3) is 0.250. The standard InChI is InChI=1S/C12H14N4O2/c1-8-3-5-10(6-4-8)18-9(2)11(17)15-12-13-7-14-16-12/h3-7,9H,1-2H3,(H2,13,14,15,16,17)/t9-/m0/s1. The number of nitrogens with zero attached hydrogens (tertiary/aromatic N) is 2. The molecule has 0 radical (unpaired) electrons. The highest BCUT2D eigenvalue weighted by Crippen LogP contribution is 2.13. The molecule has 0 saturated heterocycles. The van der Waals surface area contributed by atoms with Crippen LogP contribution >= 0.6 is 0 Å². The number of hydrogen-bond acceptors (Lipinski definition) is 4. The highest BCUT2D eigenvalue weighted by atomic mass is 16.5. The Morgan fingerprint density at radius 3 is 2.72 bits per heavy atom. The molecule has 0 spiro atoms. The quantitative estimate of drug-likeness (QED) is 0.857. The number of hydrogen-bond donors (Lipinski definition) is 2. The van der Waals surface area contributed by atoms with Gasteiger partial charge in [0.05, 0.1) is 0 Å². The van der Waals surface area contributed by atoms with Crippen molar-refractivity contribution in [2.45, 2.75) is 20.0 Å². The van der Waals surface area contributed by atoms with E-state index in [0.717, 1.165) is 5.56 Å². The molecule has 6 heteroatoms. The molecule has 2 aromatic rings. The lowest BCUT2D eigenvalue weighted by Gasteiger charge is -2.13. The third-order valence-electron chi connectivity index (χ3n) is 2.36. The summed E-state index contributed by atoms with van der Waals surface area (Å²) in [6, 6.07) is 7.51. The van der Waals surface area contributed by atoms with Crippen LogP contribution in [0.4, 0.5) is 5.95 Å². The zero-order chi connectivity index (χ0) is 13.0. The van der Waals surface area contributed by atoms with Gasteiger partial charge in [0.1, 0.15) is 12.1 Å². The van der Waals surface area contributed by atoms with Crippen molar-refractivity contribution in [2.24, 2.45) is 0 Å². The largest absolute Gasteiger partial charge is 0.481 e. The smallest absolute Gasteiger partial charge is 0.267 e. The third kappa shape index (κ3) is 3.07. The molecule has 2 N–H and O–H groups in total. The van der Waals surface area contributed by atoms with E-state index in [4.69, 9.17) is 4.74 Å². The number of carbonyl (C=O) groups excluding carboxylic acids is 1. The minimum Gasteiger partial charge on any atom is -0.481 e. The van der Waals surface area contributed by atoms with Crippen LogP contribution in [0.2, 0.25) is 0 Å². The molecule has 0 unspecified atom stereocenters. The number of benzene rings is 1. The van der Waals surface area contributed by atoms with Crippen LogP contribution in [0.3, 0.4) is 0 Å². The molecular weight excluding hydrogens is 232 g/mol. The zero-order valence-electron chi connectivity index (χ0n) is 10.2. The van der Waals surface area contributed by atoms with E-state index >= 15 is 0 Å². The van der Waals surface area contributed by atoms with Crippen LogP contribution in [0.15, 0.2) is 30.6 Å². The van der Waals surface area contributed by atoms with Gasteiger partial charge in [0.2, 0.25) is 5.95 Å². The summed E-state index contributed by atoms with van der Waals surface area (Å²) >= 11 is 0. The first-order valence-corrected chi connectivity index (χ1v) is 5.54. The van der Waals surface area contributed by atoms with Crippen LogP contribution in [0.5, 0.6) is 5.75 Å². The molecule has 0 aliphatic heterocycles. The number of H-pyrrole nitrogens is 1. The van der Waals surface area contributed by atoms with Gasteiger partial charge in [0, 0.05) is 0 Å². The minimum atomic E-state index is -0.613. The molecule has 1 aromatic carbocycles. The van der Waals surface area contributed by atoms with E-state index in [0.29, 0.717) is 11.7 Å². The van der Waals surface area contributed by atoms with Gasteiger partial charge in [-0.1, -0.05) is 17.7 Å². The molecule has 1 atom stereocenters. The second-order valence-corrected chi connectivity index (χ2v) is 3.90. The fourth-order valence-corrected chi connectivity index (χ4v) is 1.36. The van der Waals surface area contributed by atoms with Gasteiger partial charge in [-0.05, 0) is 26.0 Å². The number of aryl methyl sites for hydroxylation is 1. The van der Waals surface area contributed by atoms with Crippen molar-refractivity contribution >= 4 is 11.9 Å². The SMILES string of the molecule is Cc1ccc(O[C@@H](C)C(=O)Nc2ncn[nH]2)cc1. The summed E-state index contributed by atoms with van der Waals surface area (Å²) in [7, 11) is 0. The Bertz CT molecular complexity index is 507. The van der Waals surface area contributed by atoms with Gasteiger partial charge in [-0.2, -0.15) is 10.1 Å². The van der Waals surface area contributed by atoms with E-state index < -0.39 is 6.10 Å². The molecule has 2 rings (SSSR count). The van der Waals surface area contributed by atoms with E-state index in [1.807, 2.05) is 31.2 Å². The third-order valence-corrected chi connectivity index (χ3v) is 2.36. The topological polar surface area (TPSA) is 79.9 Å². The minimum absolute atomic E-state index is 0.285. The van der Waals surface area contributed by atoms with E-state index in [2.05, 4.69) is 20.5 Å². The summed E-state index contributed by atoms with van der Waals surface area (Å²) in [6.45, 7) is 3.66. The molecular formula is C12H14N4O2.